The van der Waals surface area contributed by atoms with Gasteiger partial charge in [0.2, 0.25) is 0 Å². The highest BCUT2D eigenvalue weighted by atomic mass is 35.5. The molecule has 0 amide bonds. The van der Waals surface area contributed by atoms with Crippen molar-refractivity contribution in [1.82, 2.24) is 15.7 Å². The van der Waals surface area contributed by atoms with Crippen molar-refractivity contribution in [2.45, 2.75) is 39.8 Å². The first-order valence-electron chi connectivity index (χ1n) is 4.88. The van der Waals surface area contributed by atoms with Crippen LogP contribution in [0.15, 0.2) is 16.3 Å². The standard InChI is InChI=1S/C9H16Cl2N4/c1-6(2)14(7(3)4)15-12-8(10)5-9(11)13-15/h5-7,12H,1-4H3. The summed E-state index contributed by atoms with van der Waals surface area (Å²) in [4.78, 5) is 0. The van der Waals surface area contributed by atoms with Gasteiger partial charge in [-0.05, 0) is 27.7 Å². The van der Waals surface area contributed by atoms with Gasteiger partial charge in [0.05, 0.1) is 0 Å². The highest BCUT2D eigenvalue weighted by Crippen LogP contribution is 2.15. The lowest BCUT2D eigenvalue weighted by atomic mass is 10.3. The topological polar surface area (TPSA) is 30.9 Å². The highest BCUT2D eigenvalue weighted by molar-refractivity contribution is 6.69. The molecule has 1 aliphatic heterocycles. The third-order valence-electron chi connectivity index (χ3n) is 1.92. The molecule has 4 nitrogen and oxygen atoms in total. The molecule has 0 unspecified atom stereocenters. The summed E-state index contributed by atoms with van der Waals surface area (Å²) in [6.07, 6.45) is 1.57. The SMILES string of the molecule is CC(C)N(C(C)C)N1N=C(Cl)C=C(Cl)N1. The van der Waals surface area contributed by atoms with Crippen LogP contribution in [0.3, 0.4) is 0 Å². The number of hydrazone groups is 1. The fourth-order valence-electron chi connectivity index (χ4n) is 1.52. The molecular formula is C9H16Cl2N4. The molecule has 1 aliphatic rings. The van der Waals surface area contributed by atoms with Crippen molar-refractivity contribution >= 4 is 28.4 Å². The van der Waals surface area contributed by atoms with Crippen molar-refractivity contribution in [1.29, 1.82) is 0 Å². The monoisotopic (exact) mass is 250 g/mol. The molecule has 0 radical (unpaired) electrons. The van der Waals surface area contributed by atoms with Crippen molar-refractivity contribution in [3.8, 4) is 0 Å². The molecular weight excluding hydrogens is 235 g/mol. The molecule has 0 fully saturated rings. The van der Waals surface area contributed by atoms with Gasteiger partial charge >= 0.3 is 0 Å². The van der Waals surface area contributed by atoms with Crippen LogP contribution >= 0.6 is 23.2 Å². The largest absolute Gasteiger partial charge is 0.256 e. The maximum atomic E-state index is 5.88. The molecule has 0 aromatic heterocycles. The molecule has 0 saturated carbocycles. The van der Waals surface area contributed by atoms with Gasteiger partial charge in [0.25, 0.3) is 0 Å². The van der Waals surface area contributed by atoms with Gasteiger partial charge in [0, 0.05) is 18.2 Å². The van der Waals surface area contributed by atoms with Gasteiger partial charge in [-0.3, -0.25) is 5.43 Å². The minimum Gasteiger partial charge on any atom is -0.256 e. The van der Waals surface area contributed by atoms with E-state index in [1.807, 2.05) is 5.01 Å². The van der Waals surface area contributed by atoms with Crippen molar-refractivity contribution in [2.75, 3.05) is 0 Å². The Labute approximate surface area is 100 Å². The number of nitrogens with one attached hydrogen (secondary N) is 1. The summed E-state index contributed by atoms with van der Waals surface area (Å²) in [6.45, 7) is 8.32. The number of halogens is 2. The summed E-state index contributed by atoms with van der Waals surface area (Å²) >= 11 is 11.7. The Morgan fingerprint density at radius 1 is 1.27 bits per heavy atom. The van der Waals surface area contributed by atoms with Gasteiger partial charge in [-0.15, -0.1) is 10.3 Å². The van der Waals surface area contributed by atoms with E-state index >= 15 is 0 Å². The van der Waals surface area contributed by atoms with Gasteiger partial charge in [-0.25, -0.2) is 0 Å². The maximum absolute atomic E-state index is 5.88. The second-order valence-corrected chi connectivity index (χ2v) is 4.68. The first-order chi connectivity index (χ1) is 6.91. The van der Waals surface area contributed by atoms with E-state index in [-0.39, 0.29) is 0 Å². The van der Waals surface area contributed by atoms with Crippen LogP contribution in [-0.4, -0.2) is 27.5 Å². The Balaban J connectivity index is 2.83. The molecule has 0 aromatic rings. The number of hydrazine groups is 2. The van der Waals surface area contributed by atoms with Crippen LogP contribution < -0.4 is 5.43 Å². The average molecular weight is 251 g/mol. The molecule has 0 aromatic carbocycles. The first kappa shape index (κ1) is 12.6. The van der Waals surface area contributed by atoms with Crippen LogP contribution in [0.1, 0.15) is 27.7 Å². The maximum Gasteiger partial charge on any atom is 0.155 e. The number of nitrogens with zero attached hydrogens (tertiary/aromatic N) is 3. The number of rotatable bonds is 3. The molecule has 1 N–H and O–H groups in total. The zero-order chi connectivity index (χ0) is 11.6. The molecule has 0 bridgehead atoms. The van der Waals surface area contributed by atoms with Gasteiger partial charge < -0.3 is 0 Å². The van der Waals surface area contributed by atoms with E-state index < -0.39 is 0 Å². The van der Waals surface area contributed by atoms with E-state index in [2.05, 4.69) is 38.2 Å². The Bertz CT molecular complexity index is 278. The van der Waals surface area contributed by atoms with E-state index in [1.54, 1.807) is 11.3 Å². The third kappa shape index (κ3) is 3.26. The van der Waals surface area contributed by atoms with Crippen molar-refractivity contribution < 1.29 is 0 Å². The predicted molar refractivity (Wildman–Crippen MR) is 64.3 cm³/mol. The van der Waals surface area contributed by atoms with E-state index in [1.165, 1.54) is 0 Å². The Kier molecular flexibility index (Phi) is 4.25. The first-order valence-corrected chi connectivity index (χ1v) is 5.63. The minimum absolute atomic E-state index is 0.299. The Hall–Kier alpha value is -0.450. The van der Waals surface area contributed by atoms with Crippen LogP contribution in [0, 0.1) is 0 Å². The van der Waals surface area contributed by atoms with E-state index in [0.717, 1.165) is 0 Å². The Morgan fingerprint density at radius 3 is 2.20 bits per heavy atom. The summed E-state index contributed by atoms with van der Waals surface area (Å²) in [5.74, 6) is 0. The molecule has 1 heterocycles. The smallest absolute Gasteiger partial charge is 0.155 e. The van der Waals surface area contributed by atoms with Crippen molar-refractivity contribution in [2.24, 2.45) is 5.10 Å². The number of hydrogen-bond donors (Lipinski definition) is 1. The summed E-state index contributed by atoms with van der Waals surface area (Å²) in [5.41, 5.74) is 2.92. The van der Waals surface area contributed by atoms with Gasteiger partial charge in [0.1, 0.15) is 5.16 Å². The second-order valence-electron chi connectivity index (χ2n) is 3.88. The van der Waals surface area contributed by atoms with Gasteiger partial charge in [-0.2, -0.15) is 5.01 Å². The summed E-state index contributed by atoms with van der Waals surface area (Å²) in [5, 5.41) is 8.59. The fraction of sp³-hybridized carbons (Fsp3) is 0.667. The molecule has 0 aliphatic carbocycles. The highest BCUT2D eigenvalue weighted by Gasteiger charge is 2.23. The lowest BCUT2D eigenvalue weighted by Gasteiger charge is -2.39. The molecule has 6 heteroatoms. The van der Waals surface area contributed by atoms with Crippen LogP contribution in [0.25, 0.3) is 0 Å². The zero-order valence-corrected chi connectivity index (χ0v) is 10.8. The quantitative estimate of drug-likeness (QED) is 0.782. The zero-order valence-electron chi connectivity index (χ0n) is 9.33. The molecule has 86 valence electrons. The van der Waals surface area contributed by atoms with Gasteiger partial charge in [0.15, 0.2) is 5.17 Å². The van der Waals surface area contributed by atoms with Crippen molar-refractivity contribution in [3.05, 3.63) is 11.2 Å². The predicted octanol–water partition coefficient (Wildman–Crippen LogP) is 2.47. The summed E-state index contributed by atoms with van der Waals surface area (Å²) in [7, 11) is 0. The third-order valence-corrected chi connectivity index (χ3v) is 2.30. The average Bonchev–Trinajstić information content (AvgIpc) is 1.99. The normalized spacial score (nSPS) is 17.0. The Morgan fingerprint density at radius 2 is 1.80 bits per heavy atom. The molecule has 0 spiro atoms. The van der Waals surface area contributed by atoms with Crippen LogP contribution in [0.2, 0.25) is 0 Å². The van der Waals surface area contributed by atoms with Crippen LogP contribution in [-0.2, 0) is 0 Å². The lowest BCUT2D eigenvalue weighted by molar-refractivity contribution is -0.104. The second kappa shape index (κ2) is 5.05. The molecule has 1 rings (SSSR count). The number of hydrogen-bond acceptors (Lipinski definition) is 4. The van der Waals surface area contributed by atoms with E-state index in [4.69, 9.17) is 23.2 Å². The number of allylic oxidation sites excluding steroid dienone is 1. The lowest BCUT2D eigenvalue weighted by Crippen LogP contribution is -2.54. The minimum atomic E-state index is 0.299. The molecule has 0 saturated heterocycles. The fourth-order valence-corrected chi connectivity index (χ4v) is 1.94. The van der Waals surface area contributed by atoms with Gasteiger partial charge in [-0.1, -0.05) is 23.2 Å². The summed E-state index contributed by atoms with van der Waals surface area (Å²) in [6, 6.07) is 0.599. The van der Waals surface area contributed by atoms with Crippen LogP contribution in [0.4, 0.5) is 0 Å². The summed E-state index contributed by atoms with van der Waals surface area (Å²) < 4.78 is 0. The van der Waals surface area contributed by atoms with E-state index in [0.29, 0.717) is 22.4 Å². The van der Waals surface area contributed by atoms with Crippen molar-refractivity contribution in [3.63, 3.8) is 0 Å². The molecule has 15 heavy (non-hydrogen) atoms. The molecule has 0 atom stereocenters. The van der Waals surface area contributed by atoms with Crippen LogP contribution in [0.5, 0.6) is 0 Å². The van der Waals surface area contributed by atoms with E-state index in [9.17, 15) is 0 Å².